The summed E-state index contributed by atoms with van der Waals surface area (Å²) in [6.07, 6.45) is 0.246. The standard InChI is InChI=1S/C11H17O4P/c1-4-11(12,16(13,14-2)15-3)10-8-6-5-7-9-10/h5-9,12H,4H2,1-3H3/t11-/m0/s1. The highest BCUT2D eigenvalue weighted by atomic mass is 31.2. The lowest BCUT2D eigenvalue weighted by atomic mass is 10.1. The third kappa shape index (κ3) is 2.06. The first-order valence-electron chi connectivity index (χ1n) is 5.03. The van der Waals surface area contributed by atoms with Crippen molar-refractivity contribution in [1.82, 2.24) is 0 Å². The van der Waals surface area contributed by atoms with Crippen molar-refractivity contribution in [2.24, 2.45) is 0 Å². The number of rotatable bonds is 5. The van der Waals surface area contributed by atoms with E-state index in [1.807, 2.05) is 6.07 Å². The van der Waals surface area contributed by atoms with Crippen LogP contribution in [0.2, 0.25) is 0 Å². The molecule has 1 rings (SSSR count). The molecule has 0 bridgehead atoms. The molecule has 0 radical (unpaired) electrons. The zero-order valence-electron chi connectivity index (χ0n) is 9.71. The topological polar surface area (TPSA) is 55.8 Å². The zero-order chi connectivity index (χ0) is 12.2. The van der Waals surface area contributed by atoms with Gasteiger partial charge in [0.2, 0.25) is 0 Å². The fourth-order valence-electron chi connectivity index (χ4n) is 1.64. The maximum absolute atomic E-state index is 12.3. The largest absolute Gasteiger partial charge is 0.373 e. The van der Waals surface area contributed by atoms with Gasteiger partial charge in [0, 0.05) is 14.2 Å². The van der Waals surface area contributed by atoms with Crippen LogP contribution in [0.25, 0.3) is 0 Å². The molecule has 0 aliphatic rings. The van der Waals surface area contributed by atoms with Crippen molar-refractivity contribution < 1.29 is 18.7 Å². The average Bonchev–Trinajstić information content (AvgIpc) is 2.37. The summed E-state index contributed by atoms with van der Waals surface area (Å²) in [6.45, 7) is 1.73. The van der Waals surface area contributed by atoms with Crippen molar-refractivity contribution in [3.05, 3.63) is 35.9 Å². The highest BCUT2D eigenvalue weighted by molar-refractivity contribution is 7.54. The summed E-state index contributed by atoms with van der Waals surface area (Å²) in [6, 6.07) is 8.77. The molecule has 1 aromatic carbocycles. The van der Waals surface area contributed by atoms with Crippen LogP contribution in [0.3, 0.4) is 0 Å². The van der Waals surface area contributed by atoms with Crippen LogP contribution in [-0.4, -0.2) is 19.3 Å². The van der Waals surface area contributed by atoms with Crippen LogP contribution in [0, 0.1) is 0 Å². The minimum atomic E-state index is -3.57. The molecule has 0 amide bonds. The molecule has 0 unspecified atom stereocenters. The predicted molar refractivity (Wildman–Crippen MR) is 62.3 cm³/mol. The van der Waals surface area contributed by atoms with Gasteiger partial charge in [-0.3, -0.25) is 4.57 Å². The van der Waals surface area contributed by atoms with E-state index in [1.165, 1.54) is 14.2 Å². The smallest absolute Gasteiger partial charge is 0.365 e. The van der Waals surface area contributed by atoms with Gasteiger partial charge >= 0.3 is 7.60 Å². The summed E-state index contributed by atoms with van der Waals surface area (Å²) in [4.78, 5) is 0. The number of benzene rings is 1. The van der Waals surface area contributed by atoms with Crippen molar-refractivity contribution in [2.45, 2.75) is 18.7 Å². The van der Waals surface area contributed by atoms with E-state index >= 15 is 0 Å². The maximum atomic E-state index is 12.3. The van der Waals surface area contributed by atoms with Crippen molar-refractivity contribution in [1.29, 1.82) is 0 Å². The molecule has 0 saturated heterocycles. The van der Waals surface area contributed by atoms with Crippen molar-refractivity contribution in [3.8, 4) is 0 Å². The lowest BCUT2D eigenvalue weighted by molar-refractivity contribution is 0.0730. The molecule has 0 spiro atoms. The van der Waals surface area contributed by atoms with Crippen LogP contribution in [0.15, 0.2) is 30.3 Å². The van der Waals surface area contributed by atoms with Gasteiger partial charge in [0.25, 0.3) is 0 Å². The fourth-order valence-corrected chi connectivity index (χ4v) is 3.24. The van der Waals surface area contributed by atoms with Crippen LogP contribution >= 0.6 is 7.60 Å². The van der Waals surface area contributed by atoms with Crippen LogP contribution < -0.4 is 0 Å². The third-order valence-electron chi connectivity index (χ3n) is 2.66. The number of aliphatic hydroxyl groups is 1. The van der Waals surface area contributed by atoms with E-state index in [2.05, 4.69) is 0 Å². The van der Waals surface area contributed by atoms with Gasteiger partial charge in [0.05, 0.1) is 0 Å². The molecule has 0 saturated carbocycles. The minimum Gasteiger partial charge on any atom is -0.373 e. The Bertz CT molecular complexity index is 371. The first-order chi connectivity index (χ1) is 7.54. The van der Waals surface area contributed by atoms with Crippen LogP contribution in [0.4, 0.5) is 0 Å². The van der Waals surface area contributed by atoms with E-state index in [0.717, 1.165) is 0 Å². The lowest BCUT2D eigenvalue weighted by Crippen LogP contribution is -2.26. The van der Waals surface area contributed by atoms with E-state index < -0.39 is 12.9 Å². The molecule has 1 atom stereocenters. The summed E-state index contributed by atoms with van der Waals surface area (Å²) >= 11 is 0. The Kier molecular flexibility index (Phi) is 4.28. The van der Waals surface area contributed by atoms with Gasteiger partial charge < -0.3 is 14.2 Å². The molecule has 0 fully saturated rings. The molecule has 0 aromatic heterocycles. The molecule has 90 valence electrons. The second-order valence-electron chi connectivity index (χ2n) is 3.40. The van der Waals surface area contributed by atoms with Gasteiger partial charge in [0.15, 0.2) is 5.34 Å². The van der Waals surface area contributed by atoms with Gasteiger partial charge in [-0.15, -0.1) is 0 Å². The maximum Gasteiger partial charge on any atom is 0.365 e. The number of hydrogen-bond donors (Lipinski definition) is 1. The van der Waals surface area contributed by atoms with Crippen molar-refractivity contribution in [2.75, 3.05) is 14.2 Å². The van der Waals surface area contributed by atoms with Gasteiger partial charge in [-0.05, 0) is 12.0 Å². The quantitative estimate of drug-likeness (QED) is 0.809. The monoisotopic (exact) mass is 244 g/mol. The average molecular weight is 244 g/mol. The Balaban J connectivity index is 3.27. The summed E-state index contributed by atoms with van der Waals surface area (Å²) in [5.41, 5.74) is 0.532. The van der Waals surface area contributed by atoms with E-state index in [-0.39, 0.29) is 6.42 Å². The molecule has 0 aliphatic heterocycles. The molecular formula is C11H17O4P. The Morgan fingerprint density at radius 2 is 1.75 bits per heavy atom. The Morgan fingerprint density at radius 1 is 1.25 bits per heavy atom. The van der Waals surface area contributed by atoms with Crippen molar-refractivity contribution >= 4 is 7.60 Å². The molecular weight excluding hydrogens is 227 g/mol. The predicted octanol–water partition coefficient (Wildman–Crippen LogP) is 2.73. The molecule has 4 nitrogen and oxygen atoms in total. The molecule has 16 heavy (non-hydrogen) atoms. The van der Waals surface area contributed by atoms with Gasteiger partial charge in [0.1, 0.15) is 0 Å². The second-order valence-corrected chi connectivity index (χ2v) is 5.86. The lowest BCUT2D eigenvalue weighted by Gasteiger charge is -2.32. The highest BCUT2D eigenvalue weighted by Crippen LogP contribution is 2.63. The zero-order valence-corrected chi connectivity index (χ0v) is 10.6. The normalized spacial score (nSPS) is 15.8. The van der Waals surface area contributed by atoms with E-state index in [1.54, 1.807) is 31.2 Å². The Labute approximate surface area is 95.7 Å². The third-order valence-corrected chi connectivity index (χ3v) is 5.10. The van der Waals surface area contributed by atoms with Gasteiger partial charge in [-0.25, -0.2) is 0 Å². The Hall–Kier alpha value is -0.670. The van der Waals surface area contributed by atoms with Crippen LogP contribution in [0.5, 0.6) is 0 Å². The van der Waals surface area contributed by atoms with Crippen molar-refractivity contribution in [3.63, 3.8) is 0 Å². The molecule has 1 N–H and O–H groups in total. The number of hydrogen-bond acceptors (Lipinski definition) is 4. The summed E-state index contributed by atoms with van der Waals surface area (Å²) in [5, 5.41) is 8.90. The summed E-state index contributed by atoms with van der Waals surface area (Å²) in [7, 11) is -1.03. The van der Waals surface area contributed by atoms with E-state index in [0.29, 0.717) is 5.56 Å². The minimum absolute atomic E-state index is 0.246. The summed E-state index contributed by atoms with van der Waals surface area (Å²) < 4.78 is 22.1. The second kappa shape index (κ2) is 5.11. The van der Waals surface area contributed by atoms with Gasteiger partial charge in [-0.1, -0.05) is 37.3 Å². The highest BCUT2D eigenvalue weighted by Gasteiger charge is 2.48. The molecule has 5 heteroatoms. The Morgan fingerprint density at radius 3 is 2.12 bits per heavy atom. The first kappa shape index (κ1) is 13.4. The SMILES string of the molecule is CC[C@@](O)(c1ccccc1)P(=O)(OC)OC. The molecule has 1 aromatic rings. The van der Waals surface area contributed by atoms with Gasteiger partial charge in [-0.2, -0.15) is 0 Å². The molecule has 0 heterocycles. The van der Waals surface area contributed by atoms with E-state index in [9.17, 15) is 9.67 Å². The molecule has 0 aliphatic carbocycles. The van der Waals surface area contributed by atoms with Crippen LogP contribution in [-0.2, 0) is 19.0 Å². The first-order valence-corrected chi connectivity index (χ1v) is 6.58. The summed E-state index contributed by atoms with van der Waals surface area (Å²) in [5.74, 6) is 0. The fraction of sp³-hybridized carbons (Fsp3) is 0.455. The van der Waals surface area contributed by atoms with Crippen LogP contribution in [0.1, 0.15) is 18.9 Å². The van der Waals surface area contributed by atoms with E-state index in [4.69, 9.17) is 9.05 Å².